The second-order valence-electron chi connectivity index (χ2n) is 6.59. The summed E-state index contributed by atoms with van der Waals surface area (Å²) in [5.41, 5.74) is 9.76. The van der Waals surface area contributed by atoms with Gasteiger partial charge in [-0.25, -0.2) is 4.79 Å². The van der Waals surface area contributed by atoms with Gasteiger partial charge < -0.3 is 15.0 Å². The number of carbonyl (C=O) groups excluding carboxylic acids is 2. The SMILES string of the molecule is Cc1cc(C(=O)COC(=O)c2ccc(Cl)c(N)c2)c(C)n1Cc1ccccc1. The number of aromatic nitrogens is 1. The van der Waals surface area contributed by atoms with Gasteiger partial charge in [-0.1, -0.05) is 41.9 Å². The van der Waals surface area contributed by atoms with E-state index < -0.39 is 5.97 Å². The lowest BCUT2D eigenvalue weighted by Gasteiger charge is -2.10. The van der Waals surface area contributed by atoms with Crippen molar-refractivity contribution in [1.29, 1.82) is 0 Å². The third-order valence-electron chi connectivity index (χ3n) is 4.62. The van der Waals surface area contributed by atoms with Crippen molar-refractivity contribution in [2.75, 3.05) is 12.3 Å². The maximum absolute atomic E-state index is 12.6. The number of aryl methyl sites for hydroxylation is 1. The first-order valence-electron chi connectivity index (χ1n) is 8.83. The van der Waals surface area contributed by atoms with Crippen molar-refractivity contribution in [3.8, 4) is 0 Å². The van der Waals surface area contributed by atoms with E-state index >= 15 is 0 Å². The summed E-state index contributed by atoms with van der Waals surface area (Å²) >= 11 is 5.85. The predicted octanol–water partition coefficient (Wildman–Crippen LogP) is 4.43. The lowest BCUT2D eigenvalue weighted by atomic mass is 10.1. The Morgan fingerprint density at radius 1 is 1.07 bits per heavy atom. The molecule has 0 saturated carbocycles. The fraction of sp³-hybridized carbons (Fsp3) is 0.182. The van der Waals surface area contributed by atoms with Crippen molar-refractivity contribution >= 4 is 29.0 Å². The number of hydrogen-bond donors (Lipinski definition) is 1. The van der Waals surface area contributed by atoms with Gasteiger partial charge in [-0.3, -0.25) is 4.79 Å². The monoisotopic (exact) mass is 396 g/mol. The molecule has 0 saturated heterocycles. The van der Waals surface area contributed by atoms with Crippen molar-refractivity contribution in [2.24, 2.45) is 0 Å². The number of ether oxygens (including phenoxy) is 1. The first-order valence-corrected chi connectivity index (χ1v) is 9.20. The van der Waals surface area contributed by atoms with E-state index in [1.807, 2.05) is 50.2 Å². The quantitative estimate of drug-likeness (QED) is 0.380. The van der Waals surface area contributed by atoms with Crippen LogP contribution in [-0.4, -0.2) is 22.9 Å². The Labute approximate surface area is 168 Å². The molecule has 1 aromatic heterocycles. The van der Waals surface area contributed by atoms with Crippen molar-refractivity contribution < 1.29 is 14.3 Å². The van der Waals surface area contributed by atoms with Gasteiger partial charge in [-0.15, -0.1) is 0 Å². The molecule has 0 spiro atoms. The molecule has 144 valence electrons. The van der Waals surface area contributed by atoms with E-state index in [4.69, 9.17) is 22.1 Å². The Hall–Kier alpha value is -3.05. The molecule has 0 atom stereocenters. The van der Waals surface area contributed by atoms with Crippen molar-refractivity contribution in [2.45, 2.75) is 20.4 Å². The van der Waals surface area contributed by atoms with Crippen LogP contribution in [-0.2, 0) is 11.3 Å². The number of esters is 1. The molecule has 0 bridgehead atoms. The van der Waals surface area contributed by atoms with Crippen LogP contribution in [0.2, 0.25) is 5.02 Å². The van der Waals surface area contributed by atoms with Crippen LogP contribution in [0.5, 0.6) is 0 Å². The highest BCUT2D eigenvalue weighted by atomic mass is 35.5. The van der Waals surface area contributed by atoms with Crippen LogP contribution < -0.4 is 5.73 Å². The Bertz CT molecular complexity index is 1030. The molecule has 6 heteroatoms. The molecule has 0 aliphatic rings. The molecule has 1 heterocycles. The van der Waals surface area contributed by atoms with E-state index in [9.17, 15) is 9.59 Å². The van der Waals surface area contributed by atoms with Crippen LogP contribution in [0.3, 0.4) is 0 Å². The lowest BCUT2D eigenvalue weighted by molar-refractivity contribution is 0.0474. The molecule has 2 N–H and O–H groups in total. The van der Waals surface area contributed by atoms with Gasteiger partial charge in [0, 0.05) is 23.5 Å². The largest absolute Gasteiger partial charge is 0.454 e. The number of nitrogen functional groups attached to an aromatic ring is 1. The van der Waals surface area contributed by atoms with Crippen LogP contribution in [0.1, 0.15) is 37.7 Å². The van der Waals surface area contributed by atoms with Crippen LogP contribution in [0, 0.1) is 13.8 Å². The Morgan fingerprint density at radius 3 is 2.46 bits per heavy atom. The number of halogens is 1. The average molecular weight is 397 g/mol. The van der Waals surface area contributed by atoms with Crippen molar-refractivity contribution in [1.82, 2.24) is 4.57 Å². The average Bonchev–Trinajstić information content (AvgIpc) is 2.97. The van der Waals surface area contributed by atoms with Gasteiger partial charge in [0.15, 0.2) is 6.61 Å². The molecular weight excluding hydrogens is 376 g/mol. The maximum atomic E-state index is 12.6. The zero-order valence-corrected chi connectivity index (χ0v) is 16.5. The molecule has 0 aliphatic carbocycles. The number of Topliss-reactive ketones (excluding diaryl/α,β-unsaturated/α-hetero) is 1. The number of anilines is 1. The highest BCUT2D eigenvalue weighted by Crippen LogP contribution is 2.21. The molecule has 0 aliphatic heterocycles. The summed E-state index contributed by atoms with van der Waals surface area (Å²) in [5, 5.41) is 0.360. The topological polar surface area (TPSA) is 74.3 Å². The van der Waals surface area contributed by atoms with Crippen LogP contribution >= 0.6 is 11.6 Å². The zero-order chi connectivity index (χ0) is 20.3. The molecule has 28 heavy (non-hydrogen) atoms. The molecule has 3 rings (SSSR count). The van der Waals surface area contributed by atoms with Crippen LogP contribution in [0.25, 0.3) is 0 Å². The second kappa shape index (κ2) is 8.31. The van der Waals surface area contributed by atoms with Crippen molar-refractivity contribution in [3.63, 3.8) is 0 Å². The Morgan fingerprint density at radius 2 is 1.79 bits per heavy atom. The normalized spacial score (nSPS) is 10.7. The maximum Gasteiger partial charge on any atom is 0.338 e. The summed E-state index contributed by atoms with van der Waals surface area (Å²) in [7, 11) is 0. The van der Waals surface area contributed by atoms with Gasteiger partial charge in [-0.05, 0) is 43.7 Å². The van der Waals surface area contributed by atoms with Crippen LogP contribution in [0.15, 0.2) is 54.6 Å². The minimum absolute atomic E-state index is 0.248. The molecule has 2 aromatic carbocycles. The van der Waals surface area contributed by atoms with E-state index in [2.05, 4.69) is 4.57 Å². The van der Waals surface area contributed by atoms with E-state index in [1.54, 1.807) is 0 Å². The predicted molar refractivity (Wildman–Crippen MR) is 110 cm³/mol. The first kappa shape index (κ1) is 19.7. The first-order chi connectivity index (χ1) is 13.4. The van der Waals surface area contributed by atoms with Gasteiger partial charge in [0.05, 0.1) is 16.3 Å². The van der Waals surface area contributed by atoms with Gasteiger partial charge in [0.1, 0.15) is 0 Å². The number of ketones is 1. The highest BCUT2D eigenvalue weighted by molar-refractivity contribution is 6.33. The minimum Gasteiger partial charge on any atom is -0.454 e. The summed E-state index contributed by atoms with van der Waals surface area (Å²) in [5.74, 6) is -0.863. The number of benzene rings is 2. The van der Waals surface area contributed by atoms with Crippen LogP contribution in [0.4, 0.5) is 5.69 Å². The van der Waals surface area contributed by atoms with Gasteiger partial charge in [0.25, 0.3) is 0 Å². The fourth-order valence-electron chi connectivity index (χ4n) is 3.06. The van der Waals surface area contributed by atoms with E-state index in [1.165, 1.54) is 18.2 Å². The second-order valence-corrected chi connectivity index (χ2v) is 7.00. The number of carbonyl (C=O) groups is 2. The zero-order valence-electron chi connectivity index (χ0n) is 15.7. The molecule has 0 radical (unpaired) electrons. The van der Waals surface area contributed by atoms with E-state index in [0.29, 0.717) is 17.1 Å². The molecule has 5 nitrogen and oxygen atoms in total. The third-order valence-corrected chi connectivity index (χ3v) is 4.97. The standard InChI is InChI=1S/C22H21ClN2O3/c1-14-10-18(15(2)25(14)12-16-6-4-3-5-7-16)21(26)13-28-22(27)17-8-9-19(23)20(24)11-17/h3-11H,12-13,24H2,1-2H3. The summed E-state index contributed by atoms with van der Waals surface area (Å²) in [6.45, 7) is 4.19. The molecular formula is C22H21ClN2O3. The number of rotatable bonds is 6. The Balaban J connectivity index is 1.70. The van der Waals surface area contributed by atoms with Crippen molar-refractivity contribution in [3.05, 3.63) is 87.7 Å². The number of nitrogens with zero attached hydrogens (tertiary/aromatic N) is 1. The Kier molecular flexibility index (Phi) is 5.85. The fourth-order valence-corrected chi connectivity index (χ4v) is 3.17. The number of nitrogens with two attached hydrogens (primary N) is 1. The summed E-state index contributed by atoms with van der Waals surface area (Å²) in [6.07, 6.45) is 0. The van der Waals surface area contributed by atoms with Gasteiger partial charge in [0.2, 0.25) is 5.78 Å². The molecule has 0 amide bonds. The summed E-state index contributed by atoms with van der Waals surface area (Å²) < 4.78 is 7.24. The summed E-state index contributed by atoms with van der Waals surface area (Å²) in [6, 6.07) is 16.3. The molecule has 0 fully saturated rings. The number of hydrogen-bond acceptors (Lipinski definition) is 4. The van der Waals surface area contributed by atoms with Gasteiger partial charge in [-0.2, -0.15) is 0 Å². The lowest BCUT2D eigenvalue weighted by Crippen LogP contribution is -2.15. The van der Waals surface area contributed by atoms with E-state index in [-0.39, 0.29) is 23.6 Å². The van der Waals surface area contributed by atoms with E-state index in [0.717, 1.165) is 17.0 Å². The highest BCUT2D eigenvalue weighted by Gasteiger charge is 2.18. The third kappa shape index (κ3) is 4.26. The molecule has 0 unspecified atom stereocenters. The summed E-state index contributed by atoms with van der Waals surface area (Å²) in [4.78, 5) is 24.8. The minimum atomic E-state index is -0.616. The van der Waals surface area contributed by atoms with Gasteiger partial charge >= 0.3 is 5.97 Å². The molecule has 3 aromatic rings. The smallest absolute Gasteiger partial charge is 0.338 e.